The van der Waals surface area contributed by atoms with Gasteiger partial charge in [0.2, 0.25) is 0 Å². The van der Waals surface area contributed by atoms with Crippen LogP contribution in [0.2, 0.25) is 0 Å². The number of hydrogen-bond acceptors (Lipinski definition) is 3. The first-order valence-electron chi connectivity index (χ1n) is 8.37. The minimum absolute atomic E-state index is 0.0399. The molecule has 1 aliphatic heterocycles. The number of piperidine rings is 1. The standard InChI is InChI=1S/C18H24N2O2/c21-13-14-9-11-20(12-10-14)17-7-5-15(6-8-17)18(22)19-16-3-1-2-4-16/h5-8,13-14,16H,1-4,9-12H2,(H,19,22). The van der Waals surface area contributed by atoms with E-state index in [2.05, 4.69) is 10.2 Å². The third kappa shape index (κ3) is 3.49. The van der Waals surface area contributed by atoms with Crippen LogP contribution in [0, 0.1) is 5.92 Å². The van der Waals surface area contributed by atoms with Crippen molar-refractivity contribution in [1.82, 2.24) is 5.32 Å². The van der Waals surface area contributed by atoms with Gasteiger partial charge in [0.25, 0.3) is 5.91 Å². The summed E-state index contributed by atoms with van der Waals surface area (Å²) in [6, 6.07) is 8.21. The van der Waals surface area contributed by atoms with E-state index in [1.54, 1.807) is 0 Å². The molecule has 1 aromatic rings. The highest BCUT2D eigenvalue weighted by Gasteiger charge is 2.20. The maximum Gasteiger partial charge on any atom is 0.251 e. The number of nitrogens with zero attached hydrogens (tertiary/aromatic N) is 1. The number of benzene rings is 1. The molecule has 0 atom stereocenters. The van der Waals surface area contributed by atoms with Crippen LogP contribution in [0.1, 0.15) is 48.9 Å². The molecular formula is C18H24N2O2. The average Bonchev–Trinajstić information content (AvgIpc) is 3.08. The zero-order chi connectivity index (χ0) is 15.4. The van der Waals surface area contributed by atoms with E-state index < -0.39 is 0 Å². The lowest BCUT2D eigenvalue weighted by molar-refractivity contribution is -0.111. The fraction of sp³-hybridized carbons (Fsp3) is 0.556. The Morgan fingerprint density at radius 1 is 1.05 bits per heavy atom. The van der Waals surface area contributed by atoms with Crippen LogP contribution in [-0.4, -0.2) is 31.3 Å². The summed E-state index contributed by atoms with van der Waals surface area (Å²) in [6.07, 6.45) is 7.58. The van der Waals surface area contributed by atoms with Gasteiger partial charge in [-0.3, -0.25) is 4.79 Å². The third-order valence-electron chi connectivity index (χ3n) is 4.92. The topological polar surface area (TPSA) is 49.4 Å². The molecule has 0 unspecified atom stereocenters. The van der Waals surface area contributed by atoms with Gasteiger partial charge < -0.3 is 15.0 Å². The lowest BCUT2D eigenvalue weighted by atomic mass is 9.98. The minimum atomic E-state index is 0.0399. The zero-order valence-electron chi connectivity index (χ0n) is 13.0. The molecule has 3 rings (SSSR count). The first-order valence-corrected chi connectivity index (χ1v) is 8.37. The van der Waals surface area contributed by atoms with Crippen LogP contribution < -0.4 is 10.2 Å². The summed E-state index contributed by atoms with van der Waals surface area (Å²) in [4.78, 5) is 25.3. The number of carbonyl (C=O) groups is 2. The molecule has 0 spiro atoms. The first kappa shape index (κ1) is 15.1. The Balaban J connectivity index is 1.57. The second-order valence-electron chi connectivity index (χ2n) is 6.46. The van der Waals surface area contributed by atoms with E-state index in [1.807, 2.05) is 24.3 Å². The van der Waals surface area contributed by atoms with Gasteiger partial charge in [-0.05, 0) is 49.9 Å². The lowest BCUT2D eigenvalue weighted by Gasteiger charge is -2.31. The van der Waals surface area contributed by atoms with Crippen molar-refractivity contribution >= 4 is 17.9 Å². The predicted octanol–water partition coefficient (Wildman–Crippen LogP) is 2.77. The summed E-state index contributed by atoms with van der Waals surface area (Å²) < 4.78 is 0. The highest BCUT2D eigenvalue weighted by molar-refractivity contribution is 5.94. The van der Waals surface area contributed by atoms with Crippen molar-refractivity contribution in [2.75, 3.05) is 18.0 Å². The highest BCUT2D eigenvalue weighted by Crippen LogP contribution is 2.23. The molecule has 0 bridgehead atoms. The Bertz CT molecular complexity index is 512. The number of rotatable bonds is 4. The Kier molecular flexibility index (Phi) is 4.76. The van der Waals surface area contributed by atoms with Gasteiger partial charge in [0, 0.05) is 36.3 Å². The van der Waals surface area contributed by atoms with Crippen LogP contribution in [0.15, 0.2) is 24.3 Å². The molecule has 1 aliphatic carbocycles. The molecular weight excluding hydrogens is 276 g/mol. The smallest absolute Gasteiger partial charge is 0.251 e. The van der Waals surface area contributed by atoms with E-state index in [0.717, 1.165) is 56.3 Å². The molecule has 22 heavy (non-hydrogen) atoms. The second-order valence-corrected chi connectivity index (χ2v) is 6.46. The lowest BCUT2D eigenvalue weighted by Crippen LogP contribution is -2.34. The molecule has 4 heteroatoms. The Hall–Kier alpha value is -1.84. The number of carbonyl (C=O) groups excluding carboxylic acids is 2. The molecule has 2 fully saturated rings. The van der Waals surface area contributed by atoms with E-state index in [0.29, 0.717) is 6.04 Å². The second kappa shape index (κ2) is 6.95. The fourth-order valence-electron chi connectivity index (χ4n) is 3.46. The van der Waals surface area contributed by atoms with Crippen LogP contribution in [0.25, 0.3) is 0 Å². The van der Waals surface area contributed by atoms with Crippen LogP contribution >= 0.6 is 0 Å². The Morgan fingerprint density at radius 3 is 2.27 bits per heavy atom. The molecule has 1 saturated heterocycles. The highest BCUT2D eigenvalue weighted by atomic mass is 16.1. The van der Waals surface area contributed by atoms with Crippen molar-refractivity contribution < 1.29 is 9.59 Å². The predicted molar refractivity (Wildman–Crippen MR) is 87.2 cm³/mol. The van der Waals surface area contributed by atoms with Gasteiger partial charge in [-0.15, -0.1) is 0 Å². The number of hydrogen-bond donors (Lipinski definition) is 1. The van der Waals surface area contributed by atoms with Crippen molar-refractivity contribution in [3.8, 4) is 0 Å². The van der Waals surface area contributed by atoms with Crippen LogP contribution in [0.5, 0.6) is 0 Å². The maximum atomic E-state index is 12.2. The van der Waals surface area contributed by atoms with Crippen molar-refractivity contribution in [3.05, 3.63) is 29.8 Å². The molecule has 1 amide bonds. The maximum absolute atomic E-state index is 12.2. The van der Waals surface area contributed by atoms with Crippen molar-refractivity contribution in [1.29, 1.82) is 0 Å². The van der Waals surface area contributed by atoms with Crippen molar-refractivity contribution in [2.45, 2.75) is 44.6 Å². The van der Waals surface area contributed by atoms with Gasteiger partial charge in [-0.25, -0.2) is 0 Å². The molecule has 2 aliphatic rings. The summed E-state index contributed by atoms with van der Waals surface area (Å²) in [7, 11) is 0. The molecule has 1 aromatic carbocycles. The molecule has 1 saturated carbocycles. The van der Waals surface area contributed by atoms with Crippen LogP contribution in [0.3, 0.4) is 0 Å². The van der Waals surface area contributed by atoms with E-state index >= 15 is 0 Å². The SMILES string of the molecule is O=CC1CCN(c2ccc(C(=O)NC3CCCC3)cc2)CC1. The van der Waals surface area contributed by atoms with E-state index in [-0.39, 0.29) is 11.8 Å². The number of amides is 1. The van der Waals surface area contributed by atoms with E-state index in [9.17, 15) is 9.59 Å². The largest absolute Gasteiger partial charge is 0.371 e. The average molecular weight is 300 g/mol. The van der Waals surface area contributed by atoms with Crippen LogP contribution in [0.4, 0.5) is 5.69 Å². The van der Waals surface area contributed by atoms with Crippen molar-refractivity contribution in [2.24, 2.45) is 5.92 Å². The minimum Gasteiger partial charge on any atom is -0.371 e. The fourth-order valence-corrected chi connectivity index (χ4v) is 3.46. The number of anilines is 1. The van der Waals surface area contributed by atoms with Crippen molar-refractivity contribution in [3.63, 3.8) is 0 Å². The quantitative estimate of drug-likeness (QED) is 0.870. The summed E-state index contributed by atoms with van der Waals surface area (Å²) >= 11 is 0. The number of aldehydes is 1. The van der Waals surface area contributed by atoms with E-state index in [4.69, 9.17) is 0 Å². The first-order chi connectivity index (χ1) is 10.8. The molecule has 0 aromatic heterocycles. The Morgan fingerprint density at radius 2 is 1.68 bits per heavy atom. The van der Waals surface area contributed by atoms with Gasteiger partial charge in [-0.1, -0.05) is 12.8 Å². The molecule has 1 heterocycles. The molecule has 0 radical (unpaired) electrons. The Labute approximate surface area is 131 Å². The monoisotopic (exact) mass is 300 g/mol. The summed E-state index contributed by atoms with van der Waals surface area (Å²) in [6.45, 7) is 1.83. The summed E-state index contributed by atoms with van der Waals surface area (Å²) in [5.74, 6) is 0.255. The van der Waals surface area contributed by atoms with Gasteiger partial charge >= 0.3 is 0 Å². The van der Waals surface area contributed by atoms with E-state index in [1.165, 1.54) is 12.8 Å². The number of nitrogens with one attached hydrogen (secondary N) is 1. The molecule has 118 valence electrons. The molecule has 4 nitrogen and oxygen atoms in total. The van der Waals surface area contributed by atoms with Crippen LogP contribution in [-0.2, 0) is 4.79 Å². The zero-order valence-corrected chi connectivity index (χ0v) is 13.0. The van der Waals surface area contributed by atoms with Gasteiger partial charge in [0.15, 0.2) is 0 Å². The summed E-state index contributed by atoms with van der Waals surface area (Å²) in [5.41, 5.74) is 1.88. The third-order valence-corrected chi connectivity index (χ3v) is 4.92. The van der Waals surface area contributed by atoms with Gasteiger partial charge in [-0.2, -0.15) is 0 Å². The normalized spacial score (nSPS) is 20.1. The molecule has 1 N–H and O–H groups in total. The van der Waals surface area contributed by atoms with Gasteiger partial charge in [0.05, 0.1) is 0 Å². The van der Waals surface area contributed by atoms with Gasteiger partial charge in [0.1, 0.15) is 6.29 Å². The summed E-state index contributed by atoms with van der Waals surface area (Å²) in [5, 5.41) is 3.12.